The predicted molar refractivity (Wildman–Crippen MR) is 85.5 cm³/mol. The number of aryl methyl sites for hydroxylation is 1. The van der Waals surface area contributed by atoms with Gasteiger partial charge in [-0.25, -0.2) is 0 Å². The van der Waals surface area contributed by atoms with E-state index in [1.54, 1.807) is 6.92 Å². The predicted octanol–water partition coefficient (Wildman–Crippen LogP) is 1.79. The molecule has 0 aliphatic heterocycles. The van der Waals surface area contributed by atoms with Crippen molar-refractivity contribution in [1.82, 2.24) is 15.5 Å². The fourth-order valence-corrected chi connectivity index (χ4v) is 2.02. The molecule has 0 spiro atoms. The average molecular weight is 325 g/mol. The number of nitrogens with zero attached hydrogens (tertiary/aromatic N) is 2. The first-order valence-corrected chi connectivity index (χ1v) is 6.95. The zero-order valence-corrected chi connectivity index (χ0v) is 13.5. The Kier molecular flexibility index (Phi) is 7.01. The molecule has 1 amide bonds. The number of hydrogen-bond acceptors (Lipinski definition) is 5. The van der Waals surface area contributed by atoms with Gasteiger partial charge in [-0.3, -0.25) is 4.79 Å². The van der Waals surface area contributed by atoms with Crippen LogP contribution in [0.5, 0.6) is 0 Å². The molecule has 6 nitrogen and oxygen atoms in total. The van der Waals surface area contributed by atoms with Crippen molar-refractivity contribution in [2.45, 2.75) is 26.3 Å². The Morgan fingerprint density at radius 3 is 2.64 bits per heavy atom. The van der Waals surface area contributed by atoms with Gasteiger partial charge in [-0.1, -0.05) is 42.4 Å². The van der Waals surface area contributed by atoms with Crippen LogP contribution in [0.2, 0.25) is 0 Å². The standard InChI is InChI=1S/C15H20N4O2.ClH/c1-10(14(16)12-6-4-3-5-7-12)15(20)17-9-8-13-18-11(2)19-21-13;/h3-7,10,14H,8-9,16H2,1-2H3,(H,17,20);1H. The van der Waals surface area contributed by atoms with Crippen LogP contribution in [0.4, 0.5) is 0 Å². The number of carbonyl (C=O) groups is 1. The monoisotopic (exact) mass is 324 g/mol. The van der Waals surface area contributed by atoms with Gasteiger partial charge >= 0.3 is 0 Å². The number of aromatic nitrogens is 2. The third-order valence-electron chi connectivity index (χ3n) is 3.34. The highest BCUT2D eigenvalue weighted by atomic mass is 35.5. The van der Waals surface area contributed by atoms with Gasteiger partial charge in [-0.05, 0) is 12.5 Å². The summed E-state index contributed by atoms with van der Waals surface area (Å²) in [5.41, 5.74) is 7.08. The Bertz CT molecular complexity index is 588. The molecule has 2 rings (SSSR count). The molecule has 0 saturated carbocycles. The molecular formula is C15H21ClN4O2. The van der Waals surface area contributed by atoms with Crippen LogP contribution in [0, 0.1) is 12.8 Å². The van der Waals surface area contributed by atoms with E-state index in [2.05, 4.69) is 15.5 Å². The molecule has 0 aliphatic rings. The molecule has 3 N–H and O–H groups in total. The topological polar surface area (TPSA) is 94.0 Å². The quantitative estimate of drug-likeness (QED) is 0.845. The van der Waals surface area contributed by atoms with Gasteiger partial charge in [0, 0.05) is 19.0 Å². The number of hydrogen-bond donors (Lipinski definition) is 2. The van der Waals surface area contributed by atoms with Crippen LogP contribution in [-0.2, 0) is 11.2 Å². The SMILES string of the molecule is Cc1noc(CCNC(=O)C(C)C(N)c2ccccc2)n1.Cl. The summed E-state index contributed by atoms with van der Waals surface area (Å²) in [6.07, 6.45) is 0.514. The van der Waals surface area contributed by atoms with E-state index in [4.69, 9.17) is 10.3 Å². The zero-order valence-electron chi connectivity index (χ0n) is 12.7. The fourth-order valence-electron chi connectivity index (χ4n) is 2.02. The minimum absolute atomic E-state index is 0. The minimum Gasteiger partial charge on any atom is -0.355 e. The highest BCUT2D eigenvalue weighted by molar-refractivity contribution is 5.85. The summed E-state index contributed by atoms with van der Waals surface area (Å²) in [5.74, 6) is 0.725. The average Bonchev–Trinajstić information content (AvgIpc) is 2.92. The maximum atomic E-state index is 12.1. The number of amides is 1. The molecule has 0 radical (unpaired) electrons. The molecule has 1 aromatic carbocycles. The van der Waals surface area contributed by atoms with Crippen molar-refractivity contribution in [3.63, 3.8) is 0 Å². The van der Waals surface area contributed by atoms with E-state index in [1.807, 2.05) is 37.3 Å². The van der Waals surface area contributed by atoms with Crippen molar-refractivity contribution in [1.29, 1.82) is 0 Å². The fraction of sp³-hybridized carbons (Fsp3) is 0.400. The van der Waals surface area contributed by atoms with Crippen LogP contribution in [-0.4, -0.2) is 22.6 Å². The third-order valence-corrected chi connectivity index (χ3v) is 3.34. The van der Waals surface area contributed by atoms with E-state index >= 15 is 0 Å². The van der Waals surface area contributed by atoms with Gasteiger partial charge in [0.2, 0.25) is 11.8 Å². The Morgan fingerprint density at radius 2 is 2.05 bits per heavy atom. The normalized spacial score (nSPS) is 13.0. The van der Waals surface area contributed by atoms with Gasteiger partial charge in [0.25, 0.3) is 0 Å². The maximum absolute atomic E-state index is 12.1. The Morgan fingerprint density at radius 1 is 1.36 bits per heavy atom. The summed E-state index contributed by atoms with van der Waals surface area (Å²) in [7, 11) is 0. The molecule has 1 aromatic heterocycles. The summed E-state index contributed by atoms with van der Waals surface area (Å²) in [6, 6.07) is 9.28. The van der Waals surface area contributed by atoms with Crippen molar-refractivity contribution in [2.24, 2.45) is 11.7 Å². The Labute approximate surface area is 135 Å². The van der Waals surface area contributed by atoms with Crippen LogP contribution in [0.3, 0.4) is 0 Å². The van der Waals surface area contributed by atoms with E-state index in [0.717, 1.165) is 5.56 Å². The van der Waals surface area contributed by atoms with E-state index in [-0.39, 0.29) is 30.3 Å². The molecule has 2 unspecified atom stereocenters. The van der Waals surface area contributed by atoms with Crippen LogP contribution in [0.25, 0.3) is 0 Å². The van der Waals surface area contributed by atoms with E-state index in [9.17, 15) is 4.79 Å². The number of benzene rings is 1. The highest BCUT2D eigenvalue weighted by Gasteiger charge is 2.21. The van der Waals surface area contributed by atoms with Crippen LogP contribution >= 0.6 is 12.4 Å². The van der Waals surface area contributed by atoms with Crippen molar-refractivity contribution in [3.05, 3.63) is 47.6 Å². The number of nitrogens with two attached hydrogens (primary N) is 1. The molecule has 120 valence electrons. The van der Waals surface area contributed by atoms with E-state index < -0.39 is 0 Å². The molecule has 2 aromatic rings. The number of nitrogens with one attached hydrogen (secondary N) is 1. The first kappa shape index (κ1) is 18.1. The van der Waals surface area contributed by atoms with Gasteiger partial charge in [0.05, 0.1) is 5.92 Å². The van der Waals surface area contributed by atoms with Gasteiger partial charge in [0.15, 0.2) is 5.82 Å². The van der Waals surface area contributed by atoms with Crippen molar-refractivity contribution in [2.75, 3.05) is 6.54 Å². The molecular weight excluding hydrogens is 304 g/mol. The lowest BCUT2D eigenvalue weighted by Crippen LogP contribution is -2.36. The Balaban J connectivity index is 0.00000242. The molecule has 2 atom stereocenters. The second-order valence-electron chi connectivity index (χ2n) is 5.00. The number of halogens is 1. The molecule has 22 heavy (non-hydrogen) atoms. The van der Waals surface area contributed by atoms with Gasteiger partial charge in [-0.2, -0.15) is 4.98 Å². The first-order chi connectivity index (χ1) is 10.1. The van der Waals surface area contributed by atoms with Crippen molar-refractivity contribution < 1.29 is 9.32 Å². The summed E-state index contributed by atoms with van der Waals surface area (Å²) in [4.78, 5) is 16.2. The molecule has 1 heterocycles. The number of rotatable bonds is 6. The van der Waals surface area contributed by atoms with Crippen LogP contribution in [0.15, 0.2) is 34.9 Å². The molecule has 7 heteroatoms. The smallest absolute Gasteiger partial charge is 0.228 e. The summed E-state index contributed by atoms with van der Waals surface area (Å²) >= 11 is 0. The minimum atomic E-state index is -0.322. The molecule has 0 aliphatic carbocycles. The lowest BCUT2D eigenvalue weighted by atomic mass is 9.95. The third kappa shape index (κ3) is 4.82. The second kappa shape index (κ2) is 8.51. The van der Waals surface area contributed by atoms with Crippen molar-refractivity contribution >= 4 is 18.3 Å². The van der Waals surface area contributed by atoms with Gasteiger partial charge in [-0.15, -0.1) is 12.4 Å². The molecule has 0 bridgehead atoms. The van der Waals surface area contributed by atoms with Gasteiger partial charge in [0.1, 0.15) is 0 Å². The number of carbonyl (C=O) groups excluding carboxylic acids is 1. The highest BCUT2D eigenvalue weighted by Crippen LogP contribution is 2.18. The maximum Gasteiger partial charge on any atom is 0.228 e. The lowest BCUT2D eigenvalue weighted by Gasteiger charge is -2.19. The molecule has 0 saturated heterocycles. The van der Waals surface area contributed by atoms with Crippen LogP contribution in [0.1, 0.15) is 30.2 Å². The first-order valence-electron chi connectivity index (χ1n) is 6.95. The summed E-state index contributed by atoms with van der Waals surface area (Å²) in [6.45, 7) is 4.03. The van der Waals surface area contributed by atoms with Gasteiger partial charge < -0.3 is 15.6 Å². The Hall–Kier alpha value is -1.92. The summed E-state index contributed by atoms with van der Waals surface area (Å²) < 4.78 is 4.99. The molecule has 0 fully saturated rings. The lowest BCUT2D eigenvalue weighted by molar-refractivity contribution is -0.125. The zero-order chi connectivity index (χ0) is 15.2. The second-order valence-corrected chi connectivity index (χ2v) is 5.00. The van der Waals surface area contributed by atoms with E-state index in [0.29, 0.717) is 24.7 Å². The largest absolute Gasteiger partial charge is 0.355 e. The van der Waals surface area contributed by atoms with Crippen molar-refractivity contribution in [3.8, 4) is 0 Å². The van der Waals surface area contributed by atoms with E-state index in [1.165, 1.54) is 0 Å². The van der Waals surface area contributed by atoms with Crippen LogP contribution < -0.4 is 11.1 Å². The summed E-state index contributed by atoms with van der Waals surface area (Å²) in [5, 5.41) is 6.54.